The topological polar surface area (TPSA) is 26.0 Å². The van der Waals surface area contributed by atoms with Crippen molar-refractivity contribution in [3.8, 4) is 0 Å². The van der Waals surface area contributed by atoms with E-state index in [1.54, 1.807) is 0 Å². The molecule has 0 bridgehead atoms. The van der Waals surface area contributed by atoms with E-state index >= 15 is 0 Å². The highest BCUT2D eigenvalue weighted by Crippen LogP contribution is 2.47. The molecule has 1 nitrogen and oxygen atoms in total. The SMILES string of the molecule is CCCC(C)C(C)(C)C(C)C(N)C(C)(C)C(C)CC(C)(C)C(C)C. The maximum atomic E-state index is 6.91. The van der Waals surface area contributed by atoms with Crippen LogP contribution in [0.15, 0.2) is 0 Å². The van der Waals surface area contributed by atoms with E-state index in [0.29, 0.717) is 29.1 Å². The lowest BCUT2D eigenvalue weighted by Crippen LogP contribution is -2.52. The first-order valence-electron chi connectivity index (χ1n) is 10.4. The smallest absolute Gasteiger partial charge is 0.0124 e. The van der Waals surface area contributed by atoms with Crippen molar-refractivity contribution in [2.45, 2.75) is 108 Å². The summed E-state index contributed by atoms with van der Waals surface area (Å²) in [4.78, 5) is 0. The fraction of sp³-hybridized carbons (Fsp3) is 1.00. The summed E-state index contributed by atoms with van der Waals surface area (Å²) in [5.41, 5.74) is 7.70. The Balaban J connectivity index is 5.26. The Kier molecular flexibility index (Phi) is 8.55. The van der Waals surface area contributed by atoms with Crippen molar-refractivity contribution in [2.75, 3.05) is 0 Å². The van der Waals surface area contributed by atoms with Crippen LogP contribution in [0.3, 0.4) is 0 Å². The normalized spacial score (nSPS) is 19.2. The Morgan fingerprint density at radius 2 is 1.21 bits per heavy atom. The van der Waals surface area contributed by atoms with Crippen molar-refractivity contribution < 1.29 is 0 Å². The number of rotatable bonds is 10. The number of hydrogen-bond donors (Lipinski definition) is 1. The highest BCUT2D eigenvalue weighted by molar-refractivity contribution is 4.96. The molecule has 1 heteroatoms. The van der Waals surface area contributed by atoms with Gasteiger partial charge in [0.05, 0.1) is 0 Å². The monoisotopic (exact) mass is 339 g/mol. The standard InChI is InChI=1S/C23H49N/c1-13-14-17(4)22(9,10)19(6)20(24)23(11,12)18(5)15-21(7,8)16(2)3/h16-20H,13-15,24H2,1-12H3. The minimum absolute atomic E-state index is 0.148. The summed E-state index contributed by atoms with van der Waals surface area (Å²) in [6.45, 7) is 28.7. The van der Waals surface area contributed by atoms with Crippen LogP contribution in [0.25, 0.3) is 0 Å². The number of nitrogens with two attached hydrogens (primary N) is 1. The summed E-state index contributed by atoms with van der Waals surface area (Å²) < 4.78 is 0. The predicted octanol–water partition coefficient (Wildman–Crippen LogP) is 7.15. The van der Waals surface area contributed by atoms with Crippen LogP contribution in [0.1, 0.15) is 102 Å². The van der Waals surface area contributed by atoms with Crippen molar-refractivity contribution >= 4 is 0 Å². The van der Waals surface area contributed by atoms with Gasteiger partial charge in [0.15, 0.2) is 0 Å². The van der Waals surface area contributed by atoms with Gasteiger partial charge in [0.2, 0.25) is 0 Å². The van der Waals surface area contributed by atoms with Gasteiger partial charge in [-0.05, 0) is 46.3 Å². The molecule has 0 amide bonds. The minimum atomic E-state index is 0.148. The van der Waals surface area contributed by atoms with Crippen LogP contribution in [-0.2, 0) is 0 Å². The Labute approximate surface area is 154 Å². The summed E-state index contributed by atoms with van der Waals surface area (Å²) in [5.74, 6) is 2.54. The molecule has 2 N–H and O–H groups in total. The van der Waals surface area contributed by atoms with Gasteiger partial charge in [-0.25, -0.2) is 0 Å². The van der Waals surface area contributed by atoms with Crippen molar-refractivity contribution in [1.29, 1.82) is 0 Å². The summed E-state index contributed by atoms with van der Waals surface area (Å²) in [5, 5.41) is 0. The Morgan fingerprint density at radius 1 is 0.750 bits per heavy atom. The lowest BCUT2D eigenvalue weighted by Gasteiger charge is -2.49. The first-order chi connectivity index (χ1) is 10.6. The average Bonchev–Trinajstić information content (AvgIpc) is 2.44. The van der Waals surface area contributed by atoms with E-state index in [1.165, 1.54) is 19.3 Å². The van der Waals surface area contributed by atoms with Crippen molar-refractivity contribution in [3.05, 3.63) is 0 Å². The fourth-order valence-electron chi connectivity index (χ4n) is 3.98. The van der Waals surface area contributed by atoms with Gasteiger partial charge in [0.1, 0.15) is 0 Å². The molecule has 4 atom stereocenters. The van der Waals surface area contributed by atoms with E-state index in [2.05, 4.69) is 83.1 Å². The molecule has 0 aliphatic heterocycles. The van der Waals surface area contributed by atoms with Crippen molar-refractivity contribution in [2.24, 2.45) is 45.7 Å². The lowest BCUT2D eigenvalue weighted by atomic mass is 9.58. The van der Waals surface area contributed by atoms with Crippen LogP contribution in [0.2, 0.25) is 0 Å². The van der Waals surface area contributed by atoms with Gasteiger partial charge in [0.25, 0.3) is 0 Å². The molecule has 0 spiro atoms. The molecule has 0 radical (unpaired) electrons. The van der Waals surface area contributed by atoms with Gasteiger partial charge in [-0.2, -0.15) is 0 Å². The first kappa shape index (κ1) is 24.0. The van der Waals surface area contributed by atoms with Gasteiger partial charge in [-0.1, -0.05) is 95.9 Å². The third-order valence-electron chi connectivity index (χ3n) is 8.23. The van der Waals surface area contributed by atoms with E-state index in [4.69, 9.17) is 5.73 Å². The highest BCUT2D eigenvalue weighted by atomic mass is 14.7. The summed E-state index contributed by atoms with van der Waals surface area (Å²) in [6, 6.07) is 0.227. The van der Waals surface area contributed by atoms with E-state index in [-0.39, 0.29) is 16.9 Å². The van der Waals surface area contributed by atoms with Crippen molar-refractivity contribution in [3.63, 3.8) is 0 Å². The van der Waals surface area contributed by atoms with Crippen LogP contribution in [0, 0.1) is 39.9 Å². The molecule has 0 saturated heterocycles. The quantitative estimate of drug-likeness (QED) is 0.449. The van der Waals surface area contributed by atoms with Crippen LogP contribution in [0.4, 0.5) is 0 Å². The molecule has 0 aliphatic rings. The third-order valence-corrected chi connectivity index (χ3v) is 8.23. The first-order valence-corrected chi connectivity index (χ1v) is 10.4. The molecular formula is C23H49N. The van der Waals surface area contributed by atoms with Crippen LogP contribution in [0.5, 0.6) is 0 Å². The van der Waals surface area contributed by atoms with Gasteiger partial charge < -0.3 is 5.73 Å². The van der Waals surface area contributed by atoms with Gasteiger partial charge >= 0.3 is 0 Å². The average molecular weight is 340 g/mol. The van der Waals surface area contributed by atoms with Crippen LogP contribution < -0.4 is 5.73 Å². The molecule has 0 heterocycles. The molecular weight excluding hydrogens is 290 g/mol. The fourth-order valence-corrected chi connectivity index (χ4v) is 3.98. The van der Waals surface area contributed by atoms with Gasteiger partial charge in [-0.3, -0.25) is 0 Å². The molecule has 0 aromatic heterocycles. The van der Waals surface area contributed by atoms with E-state index in [1.807, 2.05) is 0 Å². The Hall–Kier alpha value is -0.0400. The summed E-state index contributed by atoms with van der Waals surface area (Å²) in [6.07, 6.45) is 3.79. The minimum Gasteiger partial charge on any atom is -0.327 e. The zero-order chi connectivity index (χ0) is 19.5. The molecule has 24 heavy (non-hydrogen) atoms. The summed E-state index contributed by atoms with van der Waals surface area (Å²) in [7, 11) is 0. The lowest BCUT2D eigenvalue weighted by molar-refractivity contribution is 0.0267. The van der Waals surface area contributed by atoms with Crippen LogP contribution in [-0.4, -0.2) is 6.04 Å². The van der Waals surface area contributed by atoms with Gasteiger partial charge in [0, 0.05) is 6.04 Å². The molecule has 0 aromatic carbocycles. The highest BCUT2D eigenvalue weighted by Gasteiger charge is 2.44. The van der Waals surface area contributed by atoms with Crippen molar-refractivity contribution in [1.82, 2.24) is 0 Å². The van der Waals surface area contributed by atoms with Gasteiger partial charge in [-0.15, -0.1) is 0 Å². The van der Waals surface area contributed by atoms with E-state index in [0.717, 1.165) is 0 Å². The summed E-state index contributed by atoms with van der Waals surface area (Å²) >= 11 is 0. The predicted molar refractivity (Wildman–Crippen MR) is 111 cm³/mol. The van der Waals surface area contributed by atoms with E-state index in [9.17, 15) is 0 Å². The zero-order valence-electron chi connectivity index (χ0n) is 19.1. The molecule has 146 valence electrons. The van der Waals surface area contributed by atoms with E-state index < -0.39 is 0 Å². The van der Waals surface area contributed by atoms with Crippen LogP contribution >= 0.6 is 0 Å². The second-order valence-electron chi connectivity index (χ2n) is 10.9. The molecule has 0 rings (SSSR count). The Bertz CT molecular complexity index is 364. The maximum absolute atomic E-state index is 6.91. The molecule has 0 aliphatic carbocycles. The second-order valence-corrected chi connectivity index (χ2v) is 10.9. The molecule has 4 unspecified atom stereocenters. The zero-order valence-corrected chi connectivity index (χ0v) is 19.1. The molecule has 0 fully saturated rings. The largest absolute Gasteiger partial charge is 0.327 e. The number of hydrogen-bond acceptors (Lipinski definition) is 1. The Morgan fingerprint density at radius 3 is 1.58 bits per heavy atom. The third kappa shape index (κ3) is 5.48. The second kappa shape index (κ2) is 8.56. The molecule has 0 saturated carbocycles. The molecule has 0 aromatic rings. The maximum Gasteiger partial charge on any atom is 0.0124 e.